The van der Waals surface area contributed by atoms with Crippen LogP contribution in [-0.2, 0) is 25.8 Å². The maximum atomic E-state index is 10.9. The number of carbonyl (C=O) groups is 3. The van der Waals surface area contributed by atoms with E-state index >= 15 is 0 Å². The number of fused-ring (bicyclic) bond motifs is 6. The van der Waals surface area contributed by atoms with Gasteiger partial charge in [0.05, 0.1) is 48.6 Å². The molecule has 2 aliphatic heterocycles. The van der Waals surface area contributed by atoms with Crippen LogP contribution in [0.25, 0.3) is 32.9 Å². The lowest BCUT2D eigenvalue weighted by Gasteiger charge is -2.10. The van der Waals surface area contributed by atoms with E-state index in [-0.39, 0.29) is 42.8 Å². The Morgan fingerprint density at radius 2 is 1.08 bits per heavy atom. The number of phenols is 2. The fraction of sp³-hybridized carbons (Fsp3) is 0.307. The van der Waals surface area contributed by atoms with Crippen molar-refractivity contribution < 1.29 is 47.3 Å². The number of alkyl halides is 1. The molecular weight excluding hydrogens is 1170 g/mol. The number of nitrogens with two attached hydrogens (primary N) is 1. The van der Waals surface area contributed by atoms with Gasteiger partial charge >= 0.3 is 5.43 Å². The third-order valence-corrected chi connectivity index (χ3v) is 11.3. The SMILES string of the molecule is C.CC.CC.CC.CC.CC.CC.CC.N#CCc1coc2ccccc12.NCCc1coc2ccccc12.O=C(CCl)c1ccccc1O.O=C(Cl)Oc1ccccc1.O=C1COc2ccccc21.Oc1ccccc1.c1ccc2c3c(oc2c1)CNCC3. The van der Waals surface area contributed by atoms with Crippen LogP contribution in [0.3, 0.4) is 0 Å². The lowest BCUT2D eigenvalue weighted by Crippen LogP contribution is -2.22. The second-order valence-corrected chi connectivity index (χ2v) is 16.7. The Bertz CT molecular complexity index is 3430. The number of Topliss-reactive ketones (excluding diaryl/α,β-unsaturated/α-hetero) is 2. The molecule has 0 atom stereocenters. The molecule has 0 radical (unpaired) electrons. The molecule has 5 N–H and O–H groups in total. The summed E-state index contributed by atoms with van der Waals surface area (Å²) in [6, 6.07) is 57.1. The van der Waals surface area contributed by atoms with E-state index in [0.29, 0.717) is 35.8 Å². The molecule has 3 aromatic heterocycles. The number of phenolic OH excluding ortho intramolecular Hbond substituents is 2. The summed E-state index contributed by atoms with van der Waals surface area (Å²) in [6.07, 6.45) is 5.83. The van der Waals surface area contributed by atoms with Gasteiger partial charge in [-0.15, -0.1) is 11.6 Å². The number of aromatic hydroxyl groups is 2. The van der Waals surface area contributed by atoms with Crippen LogP contribution >= 0.6 is 23.2 Å². The Kier molecular flexibility index (Phi) is 52.9. The highest BCUT2D eigenvalue weighted by molar-refractivity contribution is 6.61. The largest absolute Gasteiger partial charge is 0.508 e. The lowest BCUT2D eigenvalue weighted by atomic mass is 10.1. The van der Waals surface area contributed by atoms with Crippen molar-refractivity contribution in [1.82, 2.24) is 5.32 Å². The maximum Gasteiger partial charge on any atom is 0.409 e. The molecule has 0 spiro atoms. The van der Waals surface area contributed by atoms with E-state index < -0.39 is 5.43 Å². The van der Waals surface area contributed by atoms with Crippen molar-refractivity contribution in [2.24, 2.45) is 5.73 Å². The van der Waals surface area contributed by atoms with Crippen LogP contribution in [0.2, 0.25) is 0 Å². The summed E-state index contributed by atoms with van der Waals surface area (Å²) in [5.74, 6) is 2.32. The van der Waals surface area contributed by atoms with Gasteiger partial charge in [0.2, 0.25) is 5.78 Å². The summed E-state index contributed by atoms with van der Waals surface area (Å²) in [4.78, 5) is 32.0. The first-order valence-electron chi connectivity index (χ1n) is 30.6. The van der Waals surface area contributed by atoms with Crippen LogP contribution in [-0.4, -0.2) is 52.8 Å². The third kappa shape index (κ3) is 31.5. The Morgan fingerprint density at radius 1 is 0.611 bits per heavy atom. The fourth-order valence-electron chi connectivity index (χ4n) is 7.45. The second kappa shape index (κ2) is 55.7. The number of rotatable bonds is 6. The van der Waals surface area contributed by atoms with Gasteiger partial charge in [-0.05, 0) is 98.2 Å². The number of nitriles is 1. The third-order valence-electron chi connectivity index (χ3n) is 11.0. The first-order valence-corrected chi connectivity index (χ1v) is 31.5. The van der Waals surface area contributed by atoms with Gasteiger partial charge in [-0.2, -0.15) is 5.26 Å². The van der Waals surface area contributed by atoms with Crippen molar-refractivity contribution >= 4 is 73.1 Å². The van der Waals surface area contributed by atoms with Crippen molar-refractivity contribution in [3.05, 3.63) is 228 Å². The molecule has 2 aliphatic rings. The van der Waals surface area contributed by atoms with Crippen molar-refractivity contribution in [2.45, 2.75) is 130 Å². The second-order valence-electron chi connectivity index (χ2n) is 16.1. The zero-order valence-corrected chi connectivity index (χ0v) is 56.1. The minimum Gasteiger partial charge on any atom is -0.508 e. The molecule has 0 unspecified atom stereocenters. The summed E-state index contributed by atoms with van der Waals surface area (Å²) < 4.78 is 25.9. The van der Waals surface area contributed by atoms with Crippen molar-refractivity contribution in [2.75, 3.05) is 25.6 Å². The molecule has 0 saturated heterocycles. The molecule has 10 aromatic rings. The number of nitrogens with one attached hydrogen (secondary N) is 1. The maximum absolute atomic E-state index is 10.9. The Balaban J connectivity index is -0.000000952. The minimum atomic E-state index is -0.814. The molecule has 90 heavy (non-hydrogen) atoms. The molecule has 0 fully saturated rings. The van der Waals surface area contributed by atoms with Gasteiger partial charge in [0.25, 0.3) is 0 Å². The monoisotopic (exact) mass is 1270 g/mol. The number of nitrogens with zero attached hydrogens (tertiary/aromatic N) is 1. The zero-order valence-electron chi connectivity index (χ0n) is 54.6. The normalized spacial score (nSPS) is 9.98. The standard InChI is InChI=1S/C11H11NO.C10H11NO.C10H7NO.C8H7ClO2.C8H6O2.C7H5ClO2.C6H6O.7C2H6.CH4/c1-2-4-10-8(3-1)9-5-6-12-7-11(9)13-10;2*11-6-5-8-7-12-10-4-2-1-3-9(8)10;9-5-8(11)6-3-1-2-4-7(6)10;9-7-5-10-8-4-2-1-3-6(7)8;8-7(9)10-6-4-2-1-3-5-6;7-6-4-2-1-3-5-6;7*1-2;/h1-4,12H,5-7H2;1-4,7H,5-6,11H2;1-4,7H,5H2;1-4,10H,5H2;1-4H,5H2;1-5H;1-5,7H;7*1-2H3;1H4. The van der Waals surface area contributed by atoms with Gasteiger partial charge in [0.1, 0.15) is 45.5 Å². The topological polar surface area (TPSA) is 211 Å². The van der Waals surface area contributed by atoms with Crippen LogP contribution in [0, 0.1) is 11.3 Å². The van der Waals surface area contributed by atoms with E-state index in [2.05, 4.69) is 34.3 Å². The zero-order chi connectivity index (χ0) is 67.2. The molecule has 13 nitrogen and oxygen atoms in total. The van der Waals surface area contributed by atoms with E-state index in [9.17, 15) is 14.4 Å². The average molecular weight is 1270 g/mol. The molecule has 0 saturated carbocycles. The predicted molar refractivity (Wildman–Crippen MR) is 378 cm³/mol. The van der Waals surface area contributed by atoms with Gasteiger partial charge in [-0.3, -0.25) is 9.59 Å². The number of furan rings is 3. The summed E-state index contributed by atoms with van der Waals surface area (Å²) in [6.45, 7) is 30.8. The molecule has 0 bridgehead atoms. The van der Waals surface area contributed by atoms with Gasteiger partial charge in [-0.1, -0.05) is 220 Å². The van der Waals surface area contributed by atoms with E-state index in [1.165, 1.54) is 28.0 Å². The number of hydrogen-bond donors (Lipinski definition) is 4. The first kappa shape index (κ1) is 85.6. The van der Waals surface area contributed by atoms with Gasteiger partial charge in [0, 0.05) is 38.9 Å². The van der Waals surface area contributed by atoms with Crippen molar-refractivity contribution in [3.8, 4) is 29.1 Å². The van der Waals surface area contributed by atoms with E-state index in [1.54, 1.807) is 91.4 Å². The Morgan fingerprint density at radius 3 is 1.58 bits per heavy atom. The molecule has 15 heteroatoms. The molecule has 0 amide bonds. The lowest BCUT2D eigenvalue weighted by molar-refractivity contribution is 0.0960. The fourth-order valence-corrected chi connectivity index (χ4v) is 7.69. The Hall–Kier alpha value is -8.64. The summed E-state index contributed by atoms with van der Waals surface area (Å²) in [7, 11) is 0. The average Bonchev–Trinajstić information content (AvgIpc) is 3.63. The number of carbonyl (C=O) groups excluding carboxylic acids is 3. The van der Waals surface area contributed by atoms with Crippen LogP contribution in [0.1, 0.15) is 148 Å². The summed E-state index contributed by atoms with van der Waals surface area (Å²) in [5.41, 5.74) is 12.0. The molecule has 0 aliphatic carbocycles. The predicted octanol–water partition coefficient (Wildman–Crippen LogP) is 21.2. The van der Waals surface area contributed by atoms with Gasteiger partial charge < -0.3 is 44.0 Å². The van der Waals surface area contributed by atoms with Crippen molar-refractivity contribution in [1.29, 1.82) is 5.26 Å². The highest BCUT2D eigenvalue weighted by Gasteiger charge is 2.19. The molecule has 7 aromatic carbocycles. The highest BCUT2D eigenvalue weighted by atomic mass is 35.5. The number of benzene rings is 7. The van der Waals surface area contributed by atoms with Crippen LogP contribution in [0.5, 0.6) is 23.0 Å². The number of halogens is 2. The van der Waals surface area contributed by atoms with E-state index in [1.807, 2.05) is 176 Å². The quantitative estimate of drug-likeness (QED) is 0.0694. The minimum absolute atomic E-state index is 0. The van der Waals surface area contributed by atoms with Gasteiger partial charge in [0.15, 0.2) is 12.4 Å². The number of ketones is 2. The molecule has 5 heterocycles. The number of para-hydroxylation sites is 7. The van der Waals surface area contributed by atoms with Crippen LogP contribution in [0.4, 0.5) is 4.79 Å². The first-order chi connectivity index (χ1) is 43.6. The molecule has 12 rings (SSSR count). The van der Waals surface area contributed by atoms with E-state index in [4.69, 9.17) is 62.4 Å². The van der Waals surface area contributed by atoms with Crippen LogP contribution < -0.4 is 20.5 Å². The summed E-state index contributed by atoms with van der Waals surface area (Å²) in [5, 5.41) is 33.1. The van der Waals surface area contributed by atoms with Gasteiger partial charge in [-0.25, -0.2) is 4.79 Å². The Labute approximate surface area is 546 Å². The highest BCUT2D eigenvalue weighted by Crippen LogP contribution is 2.28. The smallest absolute Gasteiger partial charge is 0.409 e. The summed E-state index contributed by atoms with van der Waals surface area (Å²) >= 11 is 10.2. The van der Waals surface area contributed by atoms with Crippen molar-refractivity contribution in [3.63, 3.8) is 0 Å². The molecular formula is C75H99Cl2N3O10. The molecule has 488 valence electrons. The number of hydrogen-bond acceptors (Lipinski definition) is 13. The van der Waals surface area contributed by atoms with Crippen LogP contribution in [0.15, 0.2) is 208 Å². The van der Waals surface area contributed by atoms with E-state index in [0.717, 1.165) is 59.4 Å². The number of ether oxygens (including phenoxy) is 2.